The first-order valence-corrected chi connectivity index (χ1v) is 10.6. The van der Waals surface area contributed by atoms with Crippen molar-refractivity contribution in [3.63, 3.8) is 0 Å². The molecule has 0 unspecified atom stereocenters. The maximum absolute atomic E-state index is 13.0. The van der Waals surface area contributed by atoms with Gasteiger partial charge in [-0.25, -0.2) is 14.5 Å². The van der Waals surface area contributed by atoms with Crippen molar-refractivity contribution >= 4 is 29.0 Å². The fourth-order valence-corrected chi connectivity index (χ4v) is 3.42. The second kappa shape index (κ2) is 9.40. The second-order valence-corrected chi connectivity index (χ2v) is 7.50. The monoisotopic (exact) mass is 465 g/mol. The quantitative estimate of drug-likeness (QED) is 0.385. The highest BCUT2D eigenvalue weighted by Gasteiger charge is 2.14. The Hall–Kier alpha value is -5.12. The van der Waals surface area contributed by atoms with Crippen LogP contribution in [-0.4, -0.2) is 36.4 Å². The van der Waals surface area contributed by atoms with Crippen LogP contribution in [0.2, 0.25) is 0 Å². The van der Waals surface area contributed by atoms with E-state index in [1.165, 1.54) is 6.92 Å². The number of pyridine rings is 2. The number of nitrogens with one attached hydrogen (secondary N) is 2. The standard InChI is InChI=1S/C25H19N7O3/c1-16(33)29-23-14-20(8-12-27-23)35-19-4-2-18(3-5-19)30-25(34)21-15-22(17-6-10-26-11-7-17)32-24(31-21)9-13-28-32/h2-15H,1H3,(H,30,34)(H,27,29,33). The van der Waals surface area contributed by atoms with E-state index in [1.54, 1.807) is 77.8 Å². The molecule has 0 saturated carbocycles. The average molecular weight is 465 g/mol. The van der Waals surface area contributed by atoms with E-state index in [0.29, 0.717) is 28.7 Å². The Bertz CT molecular complexity index is 1520. The Kier molecular flexibility index (Phi) is 5.83. The van der Waals surface area contributed by atoms with E-state index in [9.17, 15) is 9.59 Å². The smallest absolute Gasteiger partial charge is 0.274 e. The van der Waals surface area contributed by atoms with E-state index in [2.05, 4.69) is 30.7 Å². The highest BCUT2D eigenvalue weighted by molar-refractivity contribution is 6.03. The molecule has 4 aromatic heterocycles. The van der Waals surface area contributed by atoms with Crippen LogP contribution in [0.4, 0.5) is 11.5 Å². The number of ether oxygens (including phenoxy) is 1. The molecule has 4 heterocycles. The number of benzene rings is 1. The summed E-state index contributed by atoms with van der Waals surface area (Å²) in [6.07, 6.45) is 6.54. The molecule has 1 aromatic carbocycles. The largest absolute Gasteiger partial charge is 0.457 e. The Balaban J connectivity index is 1.32. The number of amides is 2. The highest BCUT2D eigenvalue weighted by atomic mass is 16.5. The Morgan fingerprint density at radius 1 is 0.857 bits per heavy atom. The summed E-state index contributed by atoms with van der Waals surface area (Å²) < 4.78 is 7.49. The topological polar surface area (TPSA) is 123 Å². The van der Waals surface area contributed by atoms with Gasteiger partial charge < -0.3 is 15.4 Å². The van der Waals surface area contributed by atoms with Crippen LogP contribution in [0.5, 0.6) is 11.5 Å². The van der Waals surface area contributed by atoms with Gasteiger partial charge in [-0.15, -0.1) is 0 Å². The third-order valence-corrected chi connectivity index (χ3v) is 4.95. The van der Waals surface area contributed by atoms with Gasteiger partial charge in [-0.3, -0.25) is 14.6 Å². The van der Waals surface area contributed by atoms with Gasteiger partial charge in [0.25, 0.3) is 5.91 Å². The van der Waals surface area contributed by atoms with E-state index in [4.69, 9.17) is 4.74 Å². The molecule has 35 heavy (non-hydrogen) atoms. The molecule has 2 N–H and O–H groups in total. The predicted molar refractivity (Wildman–Crippen MR) is 129 cm³/mol. The molecule has 0 bridgehead atoms. The number of anilines is 2. The van der Waals surface area contributed by atoms with Gasteiger partial charge in [0.2, 0.25) is 5.91 Å². The second-order valence-electron chi connectivity index (χ2n) is 7.50. The van der Waals surface area contributed by atoms with Gasteiger partial charge in [0.1, 0.15) is 23.0 Å². The molecule has 0 spiro atoms. The first-order chi connectivity index (χ1) is 17.0. The zero-order chi connectivity index (χ0) is 24.2. The van der Waals surface area contributed by atoms with Gasteiger partial charge in [0.05, 0.1) is 11.9 Å². The third kappa shape index (κ3) is 4.96. The number of fused-ring (bicyclic) bond motifs is 1. The van der Waals surface area contributed by atoms with Gasteiger partial charge in [0, 0.05) is 48.9 Å². The van der Waals surface area contributed by atoms with E-state index in [-0.39, 0.29) is 17.5 Å². The zero-order valence-corrected chi connectivity index (χ0v) is 18.5. The number of hydrogen-bond acceptors (Lipinski definition) is 7. The molecule has 0 aliphatic carbocycles. The molecule has 0 aliphatic heterocycles. The van der Waals surface area contributed by atoms with Crippen molar-refractivity contribution in [1.82, 2.24) is 24.6 Å². The predicted octanol–water partition coefficient (Wildman–Crippen LogP) is 4.19. The maximum Gasteiger partial charge on any atom is 0.274 e. The Morgan fingerprint density at radius 3 is 2.43 bits per heavy atom. The number of aromatic nitrogens is 5. The summed E-state index contributed by atoms with van der Waals surface area (Å²) in [7, 11) is 0. The summed E-state index contributed by atoms with van der Waals surface area (Å²) in [5.41, 5.74) is 2.99. The SMILES string of the molecule is CC(=O)Nc1cc(Oc2ccc(NC(=O)c3cc(-c4ccncc4)n4nccc4n3)cc2)ccn1. The lowest BCUT2D eigenvalue weighted by Gasteiger charge is -2.10. The van der Waals surface area contributed by atoms with Gasteiger partial charge in [-0.1, -0.05) is 0 Å². The molecule has 0 atom stereocenters. The van der Waals surface area contributed by atoms with Crippen LogP contribution in [0.25, 0.3) is 16.9 Å². The minimum Gasteiger partial charge on any atom is -0.457 e. The van der Waals surface area contributed by atoms with Gasteiger partial charge in [-0.2, -0.15) is 5.10 Å². The van der Waals surface area contributed by atoms with E-state index >= 15 is 0 Å². The number of carbonyl (C=O) groups excluding carboxylic acids is 2. The van der Waals surface area contributed by atoms with Crippen LogP contribution >= 0.6 is 0 Å². The average Bonchev–Trinajstić information content (AvgIpc) is 3.34. The van der Waals surface area contributed by atoms with Crippen molar-refractivity contribution in [3.8, 4) is 22.8 Å². The maximum atomic E-state index is 13.0. The summed E-state index contributed by atoms with van der Waals surface area (Å²) in [6.45, 7) is 1.41. The Morgan fingerprint density at radius 2 is 1.66 bits per heavy atom. The molecule has 5 aromatic rings. The fourth-order valence-electron chi connectivity index (χ4n) is 3.42. The van der Waals surface area contributed by atoms with Gasteiger partial charge >= 0.3 is 0 Å². The van der Waals surface area contributed by atoms with Crippen molar-refractivity contribution in [2.24, 2.45) is 0 Å². The number of hydrogen-bond donors (Lipinski definition) is 2. The molecule has 10 nitrogen and oxygen atoms in total. The van der Waals surface area contributed by atoms with Crippen molar-refractivity contribution in [2.45, 2.75) is 6.92 Å². The molecule has 2 amide bonds. The van der Waals surface area contributed by atoms with Crippen LogP contribution in [-0.2, 0) is 4.79 Å². The number of carbonyl (C=O) groups is 2. The summed E-state index contributed by atoms with van der Waals surface area (Å²) >= 11 is 0. The molecule has 0 radical (unpaired) electrons. The van der Waals surface area contributed by atoms with E-state index in [1.807, 2.05) is 12.1 Å². The van der Waals surface area contributed by atoms with Gasteiger partial charge in [-0.05, 0) is 48.5 Å². The minimum atomic E-state index is -0.355. The van der Waals surface area contributed by atoms with Crippen LogP contribution in [0.1, 0.15) is 17.4 Å². The normalized spacial score (nSPS) is 10.7. The lowest BCUT2D eigenvalue weighted by atomic mass is 10.1. The minimum absolute atomic E-state index is 0.218. The van der Waals surface area contributed by atoms with E-state index < -0.39 is 0 Å². The van der Waals surface area contributed by atoms with Crippen LogP contribution in [0.3, 0.4) is 0 Å². The summed E-state index contributed by atoms with van der Waals surface area (Å²) in [5, 5.41) is 9.77. The summed E-state index contributed by atoms with van der Waals surface area (Å²) in [5.74, 6) is 0.896. The van der Waals surface area contributed by atoms with Crippen molar-refractivity contribution in [3.05, 3.63) is 91.1 Å². The molecule has 172 valence electrons. The molecule has 0 aliphatic rings. The zero-order valence-electron chi connectivity index (χ0n) is 18.5. The lowest BCUT2D eigenvalue weighted by Crippen LogP contribution is -2.15. The molecule has 0 fully saturated rings. The fraction of sp³-hybridized carbons (Fsp3) is 0.0400. The Labute approximate surface area is 199 Å². The van der Waals surface area contributed by atoms with Crippen molar-refractivity contribution in [2.75, 3.05) is 10.6 Å². The first kappa shape index (κ1) is 21.7. The van der Waals surface area contributed by atoms with Crippen molar-refractivity contribution in [1.29, 1.82) is 0 Å². The summed E-state index contributed by atoms with van der Waals surface area (Å²) in [6, 6.07) is 17.3. The number of nitrogens with zero attached hydrogens (tertiary/aromatic N) is 5. The third-order valence-electron chi connectivity index (χ3n) is 4.95. The van der Waals surface area contributed by atoms with Crippen LogP contribution < -0.4 is 15.4 Å². The van der Waals surface area contributed by atoms with Crippen LogP contribution in [0, 0.1) is 0 Å². The highest BCUT2D eigenvalue weighted by Crippen LogP contribution is 2.25. The van der Waals surface area contributed by atoms with Gasteiger partial charge in [0.15, 0.2) is 5.65 Å². The van der Waals surface area contributed by atoms with E-state index in [0.717, 1.165) is 11.3 Å². The number of rotatable bonds is 6. The molecule has 5 rings (SSSR count). The first-order valence-electron chi connectivity index (χ1n) is 10.6. The van der Waals surface area contributed by atoms with Crippen LogP contribution in [0.15, 0.2) is 85.5 Å². The molecule has 0 saturated heterocycles. The summed E-state index contributed by atoms with van der Waals surface area (Å²) in [4.78, 5) is 36.7. The lowest BCUT2D eigenvalue weighted by molar-refractivity contribution is -0.114. The molecule has 10 heteroatoms. The van der Waals surface area contributed by atoms with Crippen molar-refractivity contribution < 1.29 is 14.3 Å². The molecular weight excluding hydrogens is 446 g/mol. The molecular formula is C25H19N7O3.